The minimum absolute atomic E-state index is 0.00159. The topological polar surface area (TPSA) is 128 Å². The number of thiophene rings is 2. The molecule has 2 aromatic heterocycles. The molecule has 1 aromatic carbocycles. The molecular weight excluding hydrogens is 474 g/mol. The van der Waals surface area contributed by atoms with E-state index in [2.05, 4.69) is 15.8 Å². The van der Waals surface area contributed by atoms with Crippen molar-refractivity contribution < 1.29 is 24.6 Å². The second-order valence-corrected chi connectivity index (χ2v) is 8.94. The summed E-state index contributed by atoms with van der Waals surface area (Å²) in [7, 11) is 0. The van der Waals surface area contributed by atoms with Crippen molar-refractivity contribution in [3.05, 3.63) is 62.1 Å². The summed E-state index contributed by atoms with van der Waals surface area (Å²) in [5.74, 6) is -1.93. The molecule has 2 heterocycles. The predicted molar refractivity (Wildman–Crippen MR) is 125 cm³/mol. The molecule has 32 heavy (non-hydrogen) atoms. The van der Waals surface area contributed by atoms with Crippen LogP contribution in [0.3, 0.4) is 0 Å². The number of carboxylic acids is 1. The van der Waals surface area contributed by atoms with Crippen LogP contribution in [0.2, 0.25) is 5.02 Å². The third kappa shape index (κ3) is 5.72. The summed E-state index contributed by atoms with van der Waals surface area (Å²) in [6, 6.07) is 10.1. The molecule has 0 saturated carbocycles. The first kappa shape index (κ1) is 23.5. The molecule has 0 radical (unpaired) electrons. The van der Waals surface area contributed by atoms with Gasteiger partial charge >= 0.3 is 5.97 Å². The third-order valence-corrected chi connectivity index (χ3v) is 6.58. The molecule has 0 unspecified atom stereocenters. The average Bonchev–Trinajstić information content (AvgIpc) is 3.39. The Morgan fingerprint density at radius 1 is 1.12 bits per heavy atom. The number of benzene rings is 1. The van der Waals surface area contributed by atoms with Gasteiger partial charge in [-0.25, -0.2) is 5.43 Å². The normalized spacial score (nSPS) is 11.2. The Balaban J connectivity index is 1.65. The van der Waals surface area contributed by atoms with Crippen LogP contribution < -0.4 is 10.7 Å². The van der Waals surface area contributed by atoms with Gasteiger partial charge in [0.1, 0.15) is 5.75 Å². The SMILES string of the molecule is CC(=NNC(=O)c1ccc(C(=O)NCCC(=O)O)s1)c1csc(-c2cccc(Cl)c2)c1O. The van der Waals surface area contributed by atoms with Crippen LogP contribution in [0.5, 0.6) is 5.75 Å². The lowest BCUT2D eigenvalue weighted by Gasteiger charge is -2.03. The summed E-state index contributed by atoms with van der Waals surface area (Å²) in [6.45, 7) is 1.65. The van der Waals surface area contributed by atoms with E-state index in [1.807, 2.05) is 6.07 Å². The predicted octanol–water partition coefficient (Wildman–Crippen LogP) is 4.19. The molecule has 11 heteroatoms. The van der Waals surface area contributed by atoms with Crippen LogP contribution in [0.15, 0.2) is 46.9 Å². The van der Waals surface area contributed by atoms with Gasteiger partial charge in [-0.05, 0) is 36.8 Å². The van der Waals surface area contributed by atoms with Gasteiger partial charge in [-0.1, -0.05) is 23.7 Å². The number of hydrogen-bond acceptors (Lipinski definition) is 7. The van der Waals surface area contributed by atoms with E-state index in [1.165, 1.54) is 23.5 Å². The van der Waals surface area contributed by atoms with E-state index < -0.39 is 17.8 Å². The molecule has 0 aliphatic carbocycles. The van der Waals surface area contributed by atoms with Gasteiger partial charge in [-0.15, -0.1) is 22.7 Å². The number of hydrogen-bond donors (Lipinski definition) is 4. The first-order chi connectivity index (χ1) is 15.3. The Hall–Kier alpha value is -3.21. The highest BCUT2D eigenvalue weighted by Crippen LogP contribution is 2.39. The standard InChI is InChI=1S/C21H18ClN3O5S2/c1-11(14-10-31-19(18(14)28)12-3-2-4-13(22)9-12)24-25-21(30)16-6-5-15(32-16)20(29)23-8-7-17(26)27/h2-6,9-10,28H,7-8H2,1H3,(H,23,29)(H,25,30)(H,26,27). The first-order valence-electron chi connectivity index (χ1n) is 9.27. The molecule has 0 saturated heterocycles. The van der Waals surface area contributed by atoms with E-state index in [0.717, 1.165) is 16.9 Å². The zero-order valence-corrected chi connectivity index (χ0v) is 19.1. The summed E-state index contributed by atoms with van der Waals surface area (Å²) in [5, 5.41) is 28.0. The fourth-order valence-corrected chi connectivity index (χ4v) is 4.65. The van der Waals surface area contributed by atoms with Crippen molar-refractivity contribution in [1.29, 1.82) is 0 Å². The molecule has 0 atom stereocenters. The number of amides is 2. The van der Waals surface area contributed by atoms with Crippen molar-refractivity contribution in [2.24, 2.45) is 5.10 Å². The molecule has 166 valence electrons. The molecule has 0 bridgehead atoms. The van der Waals surface area contributed by atoms with Crippen LogP contribution in [-0.2, 0) is 4.79 Å². The van der Waals surface area contributed by atoms with Gasteiger partial charge in [0.2, 0.25) is 0 Å². The Labute approximate surface area is 196 Å². The van der Waals surface area contributed by atoms with Gasteiger partial charge in [-0.3, -0.25) is 14.4 Å². The van der Waals surface area contributed by atoms with E-state index >= 15 is 0 Å². The second kappa shape index (κ2) is 10.4. The maximum Gasteiger partial charge on any atom is 0.305 e. The molecule has 0 fully saturated rings. The highest BCUT2D eigenvalue weighted by Gasteiger charge is 2.17. The number of nitrogens with zero attached hydrogens (tertiary/aromatic N) is 1. The lowest BCUT2D eigenvalue weighted by atomic mass is 10.1. The number of carboxylic acid groups (broad SMARTS) is 1. The number of aliphatic carboxylic acids is 1. The van der Waals surface area contributed by atoms with E-state index in [-0.39, 0.29) is 28.5 Å². The van der Waals surface area contributed by atoms with Gasteiger partial charge in [-0.2, -0.15) is 5.10 Å². The summed E-state index contributed by atoms with van der Waals surface area (Å²) < 4.78 is 0. The van der Waals surface area contributed by atoms with Crippen LogP contribution in [0.25, 0.3) is 10.4 Å². The smallest absolute Gasteiger partial charge is 0.305 e. The summed E-state index contributed by atoms with van der Waals surface area (Å²) in [5.41, 5.74) is 4.08. The van der Waals surface area contributed by atoms with Crippen LogP contribution in [-0.4, -0.2) is 40.3 Å². The Morgan fingerprint density at radius 2 is 1.84 bits per heavy atom. The number of carbonyl (C=O) groups is 3. The third-order valence-electron chi connectivity index (χ3n) is 4.24. The van der Waals surface area contributed by atoms with Crippen LogP contribution >= 0.6 is 34.3 Å². The van der Waals surface area contributed by atoms with Crippen LogP contribution in [0, 0.1) is 0 Å². The largest absolute Gasteiger partial charge is 0.506 e. The zero-order chi connectivity index (χ0) is 23.3. The molecule has 8 nitrogen and oxygen atoms in total. The number of hydrazone groups is 1. The molecule has 0 spiro atoms. The van der Waals surface area contributed by atoms with Crippen molar-refractivity contribution in [1.82, 2.24) is 10.7 Å². The van der Waals surface area contributed by atoms with Gasteiger partial charge in [0.15, 0.2) is 0 Å². The van der Waals surface area contributed by atoms with Crippen LogP contribution in [0.1, 0.15) is 38.3 Å². The lowest BCUT2D eigenvalue weighted by molar-refractivity contribution is -0.136. The second-order valence-electron chi connectivity index (χ2n) is 6.54. The molecule has 0 aliphatic heterocycles. The number of carbonyl (C=O) groups excluding carboxylic acids is 2. The molecule has 3 aromatic rings. The fourth-order valence-electron chi connectivity index (χ4n) is 2.64. The van der Waals surface area contributed by atoms with Gasteiger partial charge in [0.05, 0.1) is 32.3 Å². The van der Waals surface area contributed by atoms with Crippen molar-refractivity contribution >= 4 is 57.8 Å². The monoisotopic (exact) mass is 491 g/mol. The number of nitrogens with one attached hydrogen (secondary N) is 2. The highest BCUT2D eigenvalue weighted by molar-refractivity contribution is 7.16. The van der Waals surface area contributed by atoms with E-state index in [9.17, 15) is 19.5 Å². The van der Waals surface area contributed by atoms with E-state index in [1.54, 1.807) is 30.5 Å². The lowest BCUT2D eigenvalue weighted by Crippen LogP contribution is -2.25. The molecule has 2 amide bonds. The Morgan fingerprint density at radius 3 is 2.53 bits per heavy atom. The number of rotatable bonds is 8. The Bertz CT molecular complexity index is 1200. The average molecular weight is 492 g/mol. The Kier molecular flexibility index (Phi) is 7.62. The molecule has 0 aliphatic rings. The van der Waals surface area contributed by atoms with Crippen molar-refractivity contribution in [3.63, 3.8) is 0 Å². The van der Waals surface area contributed by atoms with Crippen LogP contribution in [0.4, 0.5) is 0 Å². The highest BCUT2D eigenvalue weighted by atomic mass is 35.5. The fraction of sp³-hybridized carbons (Fsp3) is 0.143. The van der Waals surface area contributed by atoms with Gasteiger partial charge in [0.25, 0.3) is 11.8 Å². The van der Waals surface area contributed by atoms with Crippen molar-refractivity contribution in [3.8, 4) is 16.2 Å². The number of aromatic hydroxyl groups is 1. The summed E-state index contributed by atoms with van der Waals surface area (Å²) >= 11 is 8.31. The van der Waals surface area contributed by atoms with Crippen molar-refractivity contribution in [2.45, 2.75) is 13.3 Å². The minimum atomic E-state index is -1.01. The summed E-state index contributed by atoms with van der Waals surface area (Å²) in [6.07, 6.45) is -0.188. The molecular formula is C21H18ClN3O5S2. The zero-order valence-electron chi connectivity index (χ0n) is 16.7. The molecule has 3 rings (SSSR count). The van der Waals surface area contributed by atoms with E-state index in [4.69, 9.17) is 16.7 Å². The maximum absolute atomic E-state index is 12.4. The van der Waals surface area contributed by atoms with Crippen molar-refractivity contribution in [2.75, 3.05) is 6.54 Å². The maximum atomic E-state index is 12.4. The number of halogens is 1. The van der Waals surface area contributed by atoms with Gasteiger partial charge in [0, 0.05) is 16.9 Å². The minimum Gasteiger partial charge on any atom is -0.506 e. The quantitative estimate of drug-likeness (QED) is 0.277. The summed E-state index contributed by atoms with van der Waals surface area (Å²) in [4.78, 5) is 36.1. The first-order valence-corrected chi connectivity index (χ1v) is 11.3. The molecule has 4 N–H and O–H groups in total. The van der Waals surface area contributed by atoms with Gasteiger partial charge < -0.3 is 15.5 Å². The van der Waals surface area contributed by atoms with E-state index in [0.29, 0.717) is 21.2 Å².